The van der Waals surface area contributed by atoms with Crippen LogP contribution in [0.2, 0.25) is 5.02 Å². The zero-order valence-corrected chi connectivity index (χ0v) is 10.8. The second-order valence-electron chi connectivity index (χ2n) is 3.63. The number of halogens is 1. The zero-order valence-electron chi connectivity index (χ0n) is 9.25. The molecule has 96 valence electrons. The van der Waals surface area contributed by atoms with E-state index in [0.717, 1.165) is 7.11 Å². The van der Waals surface area contributed by atoms with Crippen LogP contribution in [0, 0.1) is 0 Å². The van der Waals surface area contributed by atoms with Crippen molar-refractivity contribution in [2.24, 2.45) is 0 Å². The van der Waals surface area contributed by atoms with Crippen LogP contribution in [0.15, 0.2) is 28.0 Å². The minimum atomic E-state index is -3.95. The van der Waals surface area contributed by atoms with Crippen LogP contribution in [0.3, 0.4) is 0 Å². The topological polar surface area (TPSA) is 80.7 Å². The van der Waals surface area contributed by atoms with Gasteiger partial charge in [-0.05, 0) is 17.7 Å². The molecule has 1 heterocycles. The van der Waals surface area contributed by atoms with Crippen molar-refractivity contribution >= 4 is 33.5 Å². The minimum absolute atomic E-state index is 0.0517. The van der Waals surface area contributed by atoms with Gasteiger partial charge in [-0.25, -0.2) is 13.2 Å². The van der Waals surface area contributed by atoms with Crippen molar-refractivity contribution in [3.63, 3.8) is 0 Å². The summed E-state index contributed by atoms with van der Waals surface area (Å²) in [4.78, 5) is 10.7. The van der Waals surface area contributed by atoms with Gasteiger partial charge in [-0.3, -0.25) is 0 Å². The second kappa shape index (κ2) is 4.38. The van der Waals surface area contributed by atoms with E-state index in [1.807, 2.05) is 0 Å². The third kappa shape index (κ3) is 1.82. The van der Waals surface area contributed by atoms with Crippen molar-refractivity contribution in [1.29, 1.82) is 0 Å². The van der Waals surface area contributed by atoms with Gasteiger partial charge in [0.2, 0.25) is 9.84 Å². The summed E-state index contributed by atoms with van der Waals surface area (Å²) in [7, 11) is -2.89. The number of methoxy groups -OCH3 is 1. The number of carbonyl (C=O) groups is 1. The minimum Gasteiger partial charge on any atom is -0.467 e. The molecule has 1 N–H and O–H groups in total. The lowest BCUT2D eigenvalue weighted by molar-refractivity contribution is -0.147. The standard InChI is InChI=1S/C11H9ClO5S/c1-17-11(14)9(13)8-5-6-3-2-4-7(12)10(6)18(8,15)16/h2-5,9,13H,1H3. The van der Waals surface area contributed by atoms with Gasteiger partial charge in [0.25, 0.3) is 0 Å². The highest BCUT2D eigenvalue weighted by atomic mass is 35.5. The van der Waals surface area contributed by atoms with E-state index < -0.39 is 26.8 Å². The van der Waals surface area contributed by atoms with Gasteiger partial charge in [0.15, 0.2) is 6.10 Å². The van der Waals surface area contributed by atoms with Crippen LogP contribution in [0.5, 0.6) is 0 Å². The Kier molecular flexibility index (Phi) is 3.18. The van der Waals surface area contributed by atoms with Crippen LogP contribution in [-0.4, -0.2) is 32.7 Å². The molecule has 0 fully saturated rings. The first-order valence-corrected chi connectivity index (χ1v) is 6.77. The van der Waals surface area contributed by atoms with E-state index in [1.165, 1.54) is 18.2 Å². The number of hydrogen-bond acceptors (Lipinski definition) is 5. The summed E-state index contributed by atoms with van der Waals surface area (Å²) in [5.74, 6) is -1.03. The zero-order chi connectivity index (χ0) is 13.5. The maximum absolute atomic E-state index is 12.1. The van der Waals surface area contributed by atoms with E-state index in [9.17, 15) is 18.3 Å². The quantitative estimate of drug-likeness (QED) is 0.821. The van der Waals surface area contributed by atoms with Crippen molar-refractivity contribution in [2.75, 3.05) is 7.11 Å². The highest BCUT2D eigenvalue weighted by Gasteiger charge is 2.38. The number of aliphatic hydroxyl groups is 1. The Morgan fingerprint density at radius 1 is 1.44 bits per heavy atom. The molecule has 0 radical (unpaired) electrons. The summed E-state index contributed by atoms with van der Waals surface area (Å²) in [5, 5.41) is 9.70. The summed E-state index contributed by atoms with van der Waals surface area (Å²) in [6.07, 6.45) is -0.624. The van der Waals surface area contributed by atoms with Crippen LogP contribution in [-0.2, 0) is 19.4 Å². The fraction of sp³-hybridized carbons (Fsp3) is 0.182. The maximum atomic E-state index is 12.1. The van der Waals surface area contributed by atoms with Gasteiger partial charge < -0.3 is 9.84 Å². The van der Waals surface area contributed by atoms with Crippen LogP contribution in [0.4, 0.5) is 0 Å². The Morgan fingerprint density at radius 2 is 2.11 bits per heavy atom. The third-order valence-corrected chi connectivity index (χ3v) is 4.95. The van der Waals surface area contributed by atoms with E-state index >= 15 is 0 Å². The van der Waals surface area contributed by atoms with Crippen LogP contribution in [0.1, 0.15) is 5.56 Å². The molecule has 7 heteroatoms. The third-order valence-electron chi connectivity index (χ3n) is 2.57. The van der Waals surface area contributed by atoms with Crippen LogP contribution < -0.4 is 0 Å². The molecule has 0 spiro atoms. The Bertz CT molecular complexity index is 647. The summed E-state index contributed by atoms with van der Waals surface area (Å²) in [6, 6.07) is 4.55. The number of fused-ring (bicyclic) bond motifs is 1. The van der Waals surface area contributed by atoms with E-state index in [4.69, 9.17) is 11.6 Å². The Hall–Kier alpha value is -1.37. The molecular weight excluding hydrogens is 280 g/mol. The molecule has 0 amide bonds. The van der Waals surface area contributed by atoms with Gasteiger partial charge in [0.1, 0.15) is 0 Å². The van der Waals surface area contributed by atoms with Crippen molar-refractivity contribution in [3.8, 4) is 0 Å². The Morgan fingerprint density at radius 3 is 2.67 bits per heavy atom. The van der Waals surface area contributed by atoms with Gasteiger partial charge in [0.05, 0.1) is 21.9 Å². The first-order valence-electron chi connectivity index (χ1n) is 4.90. The number of benzene rings is 1. The average molecular weight is 289 g/mol. The SMILES string of the molecule is COC(=O)C(O)C1=Cc2cccc(Cl)c2S1(=O)=O. The molecule has 0 saturated carbocycles. The molecule has 1 aliphatic heterocycles. The molecule has 2 rings (SSSR count). The predicted octanol–water partition coefficient (Wildman–Crippen LogP) is 1.00. The van der Waals surface area contributed by atoms with Crippen LogP contribution >= 0.6 is 11.6 Å². The molecule has 0 saturated heterocycles. The normalized spacial score (nSPS) is 17.8. The molecule has 0 aromatic heterocycles. The van der Waals surface area contributed by atoms with E-state index in [2.05, 4.69) is 4.74 Å². The lowest BCUT2D eigenvalue weighted by Gasteiger charge is -2.09. The summed E-state index contributed by atoms with van der Waals surface area (Å²) < 4.78 is 28.6. The summed E-state index contributed by atoms with van der Waals surface area (Å²) in [6.45, 7) is 0. The van der Waals surface area contributed by atoms with E-state index in [0.29, 0.717) is 5.56 Å². The number of sulfone groups is 1. The number of rotatable bonds is 2. The molecule has 1 unspecified atom stereocenters. The summed E-state index contributed by atoms with van der Waals surface area (Å²) in [5.41, 5.74) is 0.348. The van der Waals surface area contributed by atoms with Gasteiger partial charge in [-0.1, -0.05) is 23.7 Å². The monoisotopic (exact) mass is 288 g/mol. The number of esters is 1. The molecular formula is C11H9ClO5S. The van der Waals surface area contributed by atoms with E-state index in [1.54, 1.807) is 6.07 Å². The van der Waals surface area contributed by atoms with Crippen molar-refractivity contribution in [2.45, 2.75) is 11.0 Å². The molecule has 18 heavy (non-hydrogen) atoms. The van der Waals surface area contributed by atoms with Gasteiger partial charge in [0, 0.05) is 0 Å². The lowest BCUT2D eigenvalue weighted by Crippen LogP contribution is -2.26. The maximum Gasteiger partial charge on any atom is 0.340 e. The molecule has 1 aliphatic rings. The van der Waals surface area contributed by atoms with Crippen molar-refractivity contribution in [3.05, 3.63) is 33.7 Å². The molecule has 1 aromatic rings. The lowest BCUT2D eigenvalue weighted by atomic mass is 10.2. The number of aliphatic hydroxyl groups excluding tert-OH is 1. The second-order valence-corrected chi connectivity index (χ2v) is 5.93. The average Bonchev–Trinajstić information content (AvgIpc) is 2.60. The highest BCUT2D eigenvalue weighted by molar-refractivity contribution is 7.96. The van der Waals surface area contributed by atoms with Gasteiger partial charge in [-0.15, -0.1) is 0 Å². The fourth-order valence-corrected chi connectivity index (χ4v) is 3.88. The first-order chi connectivity index (χ1) is 8.39. The molecule has 1 atom stereocenters. The number of carbonyl (C=O) groups excluding carboxylic acids is 1. The number of ether oxygens (including phenoxy) is 1. The first kappa shape index (κ1) is 13.1. The smallest absolute Gasteiger partial charge is 0.340 e. The molecule has 0 aliphatic carbocycles. The summed E-state index contributed by atoms with van der Waals surface area (Å²) >= 11 is 5.83. The molecule has 5 nitrogen and oxygen atoms in total. The molecule has 1 aromatic carbocycles. The fourth-order valence-electron chi connectivity index (χ4n) is 1.73. The predicted molar refractivity (Wildman–Crippen MR) is 64.6 cm³/mol. The number of hydrogen-bond donors (Lipinski definition) is 1. The highest BCUT2D eigenvalue weighted by Crippen LogP contribution is 2.38. The Balaban J connectivity index is 2.58. The largest absolute Gasteiger partial charge is 0.467 e. The van der Waals surface area contributed by atoms with Crippen LogP contribution in [0.25, 0.3) is 6.08 Å². The van der Waals surface area contributed by atoms with Gasteiger partial charge >= 0.3 is 5.97 Å². The van der Waals surface area contributed by atoms with Gasteiger partial charge in [-0.2, -0.15) is 0 Å². The van der Waals surface area contributed by atoms with Crippen molar-refractivity contribution < 1.29 is 23.1 Å². The van der Waals surface area contributed by atoms with Crippen molar-refractivity contribution in [1.82, 2.24) is 0 Å². The Labute approximate surface area is 109 Å². The van der Waals surface area contributed by atoms with E-state index in [-0.39, 0.29) is 9.92 Å². The molecule has 0 bridgehead atoms.